The van der Waals surface area contributed by atoms with Crippen molar-refractivity contribution in [2.45, 2.75) is 23.8 Å². The van der Waals surface area contributed by atoms with Crippen LogP contribution in [-0.2, 0) is 16.4 Å². The van der Waals surface area contributed by atoms with E-state index in [0.29, 0.717) is 18.1 Å². The van der Waals surface area contributed by atoms with Crippen molar-refractivity contribution in [1.82, 2.24) is 10.6 Å². The molecule has 0 bridgehead atoms. The number of guanidine groups is 1. The Morgan fingerprint density at radius 2 is 2.00 bits per heavy atom. The molecule has 1 aromatic carbocycles. The van der Waals surface area contributed by atoms with E-state index in [1.807, 2.05) is 6.92 Å². The molecule has 6 nitrogen and oxygen atoms in total. The van der Waals surface area contributed by atoms with E-state index in [-0.39, 0.29) is 52.8 Å². The highest BCUT2D eigenvalue weighted by Crippen LogP contribution is 2.18. The fourth-order valence-corrected chi connectivity index (χ4v) is 4.66. The second kappa shape index (κ2) is 11.6. The molecule has 0 aliphatic carbocycles. The molecule has 0 saturated heterocycles. The van der Waals surface area contributed by atoms with Gasteiger partial charge in [0.1, 0.15) is 10.0 Å². The Morgan fingerprint density at radius 1 is 1.26 bits per heavy atom. The van der Waals surface area contributed by atoms with E-state index < -0.39 is 15.9 Å². The lowest BCUT2D eigenvalue weighted by Crippen LogP contribution is -2.42. The maximum atomic E-state index is 13.6. The van der Waals surface area contributed by atoms with Crippen LogP contribution in [0.1, 0.15) is 12.5 Å². The highest BCUT2D eigenvalue weighted by Gasteiger charge is 2.20. The number of aliphatic hydroxyl groups excluding tert-OH is 1. The summed E-state index contributed by atoms with van der Waals surface area (Å²) in [5.41, 5.74) is 0.450. The van der Waals surface area contributed by atoms with Gasteiger partial charge in [0.15, 0.2) is 15.8 Å². The molecule has 1 atom stereocenters. The van der Waals surface area contributed by atoms with Crippen molar-refractivity contribution in [2.75, 3.05) is 18.8 Å². The molecule has 1 aromatic heterocycles. The lowest BCUT2D eigenvalue weighted by molar-refractivity contribution is 0.200. The zero-order valence-corrected chi connectivity index (χ0v) is 18.7. The maximum absolute atomic E-state index is 13.6. The molecule has 0 radical (unpaired) electrons. The summed E-state index contributed by atoms with van der Waals surface area (Å²) in [4.78, 5) is 4.26. The second-order valence-corrected chi connectivity index (χ2v) is 8.74. The van der Waals surface area contributed by atoms with Gasteiger partial charge in [0.05, 0.1) is 18.4 Å². The van der Waals surface area contributed by atoms with Crippen molar-refractivity contribution in [1.29, 1.82) is 0 Å². The molecule has 0 saturated carbocycles. The number of benzene rings is 1. The van der Waals surface area contributed by atoms with Crippen LogP contribution in [-0.4, -0.2) is 44.4 Å². The number of nitrogens with one attached hydrogen (secondary N) is 2. The Kier molecular flexibility index (Phi) is 10.2. The van der Waals surface area contributed by atoms with Crippen molar-refractivity contribution in [3.05, 3.63) is 53.2 Å². The third-order valence-electron chi connectivity index (χ3n) is 3.43. The smallest absolute Gasteiger partial charge is 0.191 e. The molecule has 0 spiro atoms. The SMILES string of the molecule is CCNC(=NCc1ccccc1F)NCC(O)CS(=O)(=O)c1cccs1.I. The lowest BCUT2D eigenvalue weighted by atomic mass is 10.2. The van der Waals surface area contributed by atoms with Crippen LogP contribution >= 0.6 is 35.3 Å². The number of nitrogens with zero attached hydrogens (tertiary/aromatic N) is 1. The van der Waals surface area contributed by atoms with E-state index >= 15 is 0 Å². The van der Waals surface area contributed by atoms with Crippen molar-refractivity contribution >= 4 is 51.1 Å². The van der Waals surface area contributed by atoms with Gasteiger partial charge in [-0.15, -0.1) is 35.3 Å². The number of rotatable bonds is 8. The molecule has 2 aromatic rings. The normalized spacial score (nSPS) is 12.9. The first-order valence-electron chi connectivity index (χ1n) is 8.12. The molecule has 0 aliphatic heterocycles. The third kappa shape index (κ3) is 7.72. The Labute approximate surface area is 179 Å². The number of thiophene rings is 1. The van der Waals surface area contributed by atoms with Gasteiger partial charge < -0.3 is 15.7 Å². The van der Waals surface area contributed by atoms with Gasteiger partial charge in [-0.05, 0) is 24.4 Å². The van der Waals surface area contributed by atoms with E-state index in [0.717, 1.165) is 11.3 Å². The number of hydrogen-bond donors (Lipinski definition) is 3. The number of hydrogen-bond acceptors (Lipinski definition) is 5. The number of sulfone groups is 1. The van der Waals surface area contributed by atoms with Gasteiger partial charge in [-0.1, -0.05) is 24.3 Å². The van der Waals surface area contributed by atoms with E-state index in [9.17, 15) is 17.9 Å². The minimum absolute atomic E-state index is 0. The van der Waals surface area contributed by atoms with Crippen molar-refractivity contribution in [3.8, 4) is 0 Å². The average Bonchev–Trinajstić information content (AvgIpc) is 3.14. The Morgan fingerprint density at radius 3 is 2.63 bits per heavy atom. The van der Waals surface area contributed by atoms with Crippen LogP contribution in [0.15, 0.2) is 51.0 Å². The molecular formula is C17H23FIN3O3S2. The molecule has 10 heteroatoms. The summed E-state index contributed by atoms with van der Waals surface area (Å²) in [5, 5.41) is 17.6. The fourth-order valence-electron chi connectivity index (χ4n) is 2.18. The molecule has 27 heavy (non-hydrogen) atoms. The monoisotopic (exact) mass is 527 g/mol. The van der Waals surface area contributed by atoms with E-state index in [1.165, 1.54) is 12.1 Å². The van der Waals surface area contributed by atoms with Gasteiger partial charge in [0.2, 0.25) is 0 Å². The first-order chi connectivity index (χ1) is 12.4. The van der Waals surface area contributed by atoms with Crippen molar-refractivity contribution in [2.24, 2.45) is 4.99 Å². The molecule has 0 fully saturated rings. The summed E-state index contributed by atoms with van der Waals surface area (Å²) < 4.78 is 38.2. The zero-order valence-electron chi connectivity index (χ0n) is 14.8. The van der Waals surface area contributed by atoms with Crippen LogP contribution in [0.3, 0.4) is 0 Å². The van der Waals surface area contributed by atoms with E-state index in [4.69, 9.17) is 0 Å². The minimum Gasteiger partial charge on any atom is -0.390 e. The fraction of sp³-hybridized carbons (Fsp3) is 0.353. The van der Waals surface area contributed by atoms with Gasteiger partial charge >= 0.3 is 0 Å². The molecule has 0 amide bonds. The summed E-state index contributed by atoms with van der Waals surface area (Å²) in [5.74, 6) is -0.342. The van der Waals surface area contributed by atoms with Gasteiger partial charge in [-0.2, -0.15) is 0 Å². The molecular weight excluding hydrogens is 504 g/mol. The standard InChI is InChI=1S/C17H22FN3O3S2.HI/c1-2-19-17(20-10-13-6-3-4-7-15(13)18)21-11-14(22)12-26(23,24)16-8-5-9-25-16;/h3-9,14,22H,2,10-12H2,1H3,(H2,19,20,21);1H. The first kappa shape index (κ1) is 23.8. The Balaban J connectivity index is 0.00000364. The molecule has 3 N–H and O–H groups in total. The van der Waals surface area contributed by atoms with Crippen molar-refractivity contribution in [3.63, 3.8) is 0 Å². The van der Waals surface area contributed by atoms with Gasteiger partial charge in [0.25, 0.3) is 0 Å². The highest BCUT2D eigenvalue weighted by molar-refractivity contribution is 14.0. The summed E-state index contributed by atoms with van der Waals surface area (Å²) >= 11 is 1.12. The Bertz CT molecular complexity index is 830. The van der Waals surface area contributed by atoms with E-state index in [1.54, 1.807) is 29.6 Å². The maximum Gasteiger partial charge on any atom is 0.191 e. The summed E-state index contributed by atoms with van der Waals surface area (Å²) in [6, 6.07) is 9.51. The number of aliphatic hydroxyl groups is 1. The predicted octanol–water partition coefficient (Wildman–Crippen LogP) is 2.40. The summed E-state index contributed by atoms with van der Waals surface area (Å²) in [6.45, 7) is 2.59. The second-order valence-electron chi connectivity index (χ2n) is 5.53. The van der Waals surface area contributed by atoms with Crippen LogP contribution in [0.25, 0.3) is 0 Å². The average molecular weight is 527 g/mol. The third-order valence-corrected chi connectivity index (χ3v) is 6.71. The van der Waals surface area contributed by atoms with Gasteiger partial charge in [-0.25, -0.2) is 17.8 Å². The molecule has 0 aliphatic rings. The van der Waals surface area contributed by atoms with Gasteiger partial charge in [-0.3, -0.25) is 0 Å². The Hall–Kier alpha value is -1.24. The lowest BCUT2D eigenvalue weighted by Gasteiger charge is -2.15. The van der Waals surface area contributed by atoms with Crippen LogP contribution < -0.4 is 10.6 Å². The van der Waals surface area contributed by atoms with Crippen LogP contribution in [0.5, 0.6) is 0 Å². The van der Waals surface area contributed by atoms with Crippen LogP contribution in [0, 0.1) is 5.82 Å². The summed E-state index contributed by atoms with van der Waals surface area (Å²) in [6.07, 6.45) is -1.10. The predicted molar refractivity (Wildman–Crippen MR) is 117 cm³/mol. The number of halogens is 2. The van der Waals surface area contributed by atoms with Gasteiger partial charge in [0, 0.05) is 18.7 Å². The topological polar surface area (TPSA) is 90.8 Å². The zero-order chi connectivity index (χ0) is 19.0. The molecule has 150 valence electrons. The minimum atomic E-state index is -3.52. The molecule has 1 unspecified atom stereocenters. The summed E-state index contributed by atoms with van der Waals surface area (Å²) in [7, 11) is -3.52. The largest absolute Gasteiger partial charge is 0.390 e. The van der Waals surface area contributed by atoms with Crippen LogP contribution in [0.2, 0.25) is 0 Å². The van der Waals surface area contributed by atoms with E-state index in [2.05, 4.69) is 15.6 Å². The first-order valence-corrected chi connectivity index (χ1v) is 10.7. The highest BCUT2D eigenvalue weighted by atomic mass is 127. The quantitative estimate of drug-likeness (QED) is 0.279. The number of aliphatic imine (C=N–C) groups is 1. The molecule has 2 rings (SSSR count). The molecule has 1 heterocycles. The van der Waals surface area contributed by atoms with Crippen molar-refractivity contribution < 1.29 is 17.9 Å². The van der Waals surface area contributed by atoms with Crippen LogP contribution in [0.4, 0.5) is 4.39 Å².